The van der Waals surface area contributed by atoms with Crippen LogP contribution in [0.5, 0.6) is 11.5 Å². The zero-order chi connectivity index (χ0) is 23.1. The lowest BCUT2D eigenvalue weighted by atomic mass is 9.76. The first kappa shape index (κ1) is 20.2. The number of aryl methyl sites for hydroxylation is 1. The van der Waals surface area contributed by atoms with Gasteiger partial charge in [-0.05, 0) is 37.1 Å². The van der Waals surface area contributed by atoms with Crippen LogP contribution in [0.15, 0.2) is 36.4 Å². The normalized spacial score (nSPS) is 30.1. The topological polar surface area (TPSA) is 117 Å². The Morgan fingerprint density at radius 1 is 1.15 bits per heavy atom. The molecule has 6 rings (SSSR count). The number of fused-ring (bicyclic) bond motifs is 5. The van der Waals surface area contributed by atoms with Crippen LogP contribution >= 0.6 is 0 Å². The first-order chi connectivity index (χ1) is 15.8. The Labute approximate surface area is 189 Å². The van der Waals surface area contributed by atoms with Crippen LogP contribution in [0.2, 0.25) is 0 Å². The average molecular weight is 449 g/mol. The third-order valence-electron chi connectivity index (χ3n) is 7.28. The lowest BCUT2D eigenvalue weighted by Gasteiger charge is -2.30. The summed E-state index contributed by atoms with van der Waals surface area (Å²) in [5.74, 6) is -1.84. The fraction of sp³-hybridized carbons (Fsp3) is 0.375. The van der Waals surface area contributed by atoms with Crippen LogP contribution in [-0.4, -0.2) is 46.7 Å². The van der Waals surface area contributed by atoms with Crippen molar-refractivity contribution in [3.05, 3.63) is 53.1 Å². The second-order valence-electron chi connectivity index (χ2n) is 9.12. The minimum Gasteiger partial charge on any atom is -0.454 e. The molecule has 5 atom stereocenters. The molecule has 4 heterocycles. The molecule has 170 valence electrons. The number of ether oxygens (including phenoxy) is 2. The van der Waals surface area contributed by atoms with E-state index in [1.54, 1.807) is 31.2 Å². The zero-order valence-electron chi connectivity index (χ0n) is 18.1. The molecule has 3 N–H and O–H groups in total. The van der Waals surface area contributed by atoms with Gasteiger partial charge in [0, 0.05) is 17.3 Å². The molecule has 2 saturated heterocycles. The highest BCUT2D eigenvalue weighted by Gasteiger charge is 2.71. The minimum absolute atomic E-state index is 0.0478. The van der Waals surface area contributed by atoms with Crippen molar-refractivity contribution in [2.45, 2.75) is 38.1 Å². The average Bonchev–Trinajstić information content (AvgIpc) is 3.51. The summed E-state index contributed by atoms with van der Waals surface area (Å²) in [4.78, 5) is 41.9. The molecule has 9 nitrogen and oxygen atoms in total. The van der Waals surface area contributed by atoms with Gasteiger partial charge in [0.25, 0.3) is 0 Å². The number of likely N-dealkylation sites (tertiary alicyclic amines) is 1. The third-order valence-corrected chi connectivity index (χ3v) is 7.28. The Balaban J connectivity index is 1.43. The van der Waals surface area contributed by atoms with Crippen molar-refractivity contribution >= 4 is 23.4 Å². The zero-order valence-corrected chi connectivity index (χ0v) is 18.1. The number of aliphatic hydroxyl groups is 1. The third kappa shape index (κ3) is 2.57. The van der Waals surface area contributed by atoms with E-state index in [2.05, 4.69) is 10.6 Å². The Hall–Kier alpha value is -3.43. The van der Waals surface area contributed by atoms with E-state index in [-0.39, 0.29) is 19.2 Å². The van der Waals surface area contributed by atoms with E-state index < -0.39 is 41.3 Å². The number of nitrogens with one attached hydrogen (secondary N) is 2. The lowest BCUT2D eigenvalue weighted by Crippen LogP contribution is -2.54. The molecular weight excluding hydrogens is 426 g/mol. The Kier molecular flexibility index (Phi) is 4.15. The highest BCUT2D eigenvalue weighted by molar-refractivity contribution is 6.15. The summed E-state index contributed by atoms with van der Waals surface area (Å²) in [6.45, 7) is 3.62. The Morgan fingerprint density at radius 2 is 1.94 bits per heavy atom. The molecule has 4 aliphatic rings. The molecule has 9 heteroatoms. The van der Waals surface area contributed by atoms with Gasteiger partial charge in [-0.1, -0.05) is 24.3 Å². The van der Waals surface area contributed by atoms with Crippen molar-refractivity contribution in [1.29, 1.82) is 0 Å². The molecule has 0 aliphatic carbocycles. The number of anilines is 1. The predicted octanol–water partition coefficient (Wildman–Crippen LogP) is 1.03. The number of carbonyl (C=O) groups is 3. The smallest absolute Gasteiger partial charge is 0.250 e. The van der Waals surface area contributed by atoms with Crippen LogP contribution in [-0.2, 0) is 26.5 Å². The SMILES string of the molecule is Cc1cccc2c1NC(=O)[C@@]21N[C@@H]([C@H](C)O)[C@H]2C(=O)N(Cc3ccc4c(c3)OCO4)C(=O)[C@H]21. The van der Waals surface area contributed by atoms with Gasteiger partial charge in [0.2, 0.25) is 24.5 Å². The lowest BCUT2D eigenvalue weighted by molar-refractivity contribution is -0.143. The predicted molar refractivity (Wildman–Crippen MR) is 115 cm³/mol. The number of imide groups is 1. The molecule has 0 unspecified atom stereocenters. The number of hydrogen-bond donors (Lipinski definition) is 3. The molecular formula is C24H23N3O6. The van der Waals surface area contributed by atoms with E-state index in [9.17, 15) is 19.5 Å². The molecule has 33 heavy (non-hydrogen) atoms. The summed E-state index contributed by atoms with van der Waals surface area (Å²) >= 11 is 0. The largest absolute Gasteiger partial charge is 0.454 e. The van der Waals surface area contributed by atoms with Crippen molar-refractivity contribution < 1.29 is 29.0 Å². The number of aliphatic hydroxyl groups excluding tert-OH is 1. The Bertz CT molecular complexity index is 1230. The molecule has 4 aliphatic heterocycles. The fourth-order valence-electron chi connectivity index (χ4n) is 5.76. The van der Waals surface area contributed by atoms with Gasteiger partial charge in [-0.15, -0.1) is 0 Å². The molecule has 2 aromatic carbocycles. The van der Waals surface area contributed by atoms with Gasteiger partial charge in [0.15, 0.2) is 11.5 Å². The molecule has 1 spiro atoms. The minimum atomic E-state index is -1.41. The number of para-hydroxylation sites is 1. The fourth-order valence-corrected chi connectivity index (χ4v) is 5.76. The summed E-state index contributed by atoms with van der Waals surface area (Å²) in [6, 6.07) is 10.0. The van der Waals surface area contributed by atoms with Gasteiger partial charge in [0.05, 0.1) is 24.5 Å². The Morgan fingerprint density at radius 3 is 2.73 bits per heavy atom. The van der Waals surface area contributed by atoms with Crippen molar-refractivity contribution in [2.75, 3.05) is 12.1 Å². The van der Waals surface area contributed by atoms with Crippen molar-refractivity contribution in [3.63, 3.8) is 0 Å². The summed E-state index contributed by atoms with van der Waals surface area (Å²) in [7, 11) is 0. The van der Waals surface area contributed by atoms with E-state index in [0.29, 0.717) is 28.3 Å². The second kappa shape index (κ2) is 6.79. The van der Waals surface area contributed by atoms with Crippen LogP contribution < -0.4 is 20.1 Å². The number of rotatable bonds is 3. The number of hydrogen-bond acceptors (Lipinski definition) is 7. The van der Waals surface area contributed by atoms with E-state index in [1.165, 1.54) is 4.90 Å². The standard InChI is InChI=1S/C24H23N3O6/c1-11-4-3-5-14-19(11)25-23(31)24(14)18-17(20(26-24)12(2)28)21(29)27(22(18)30)9-13-6-7-15-16(8-13)33-10-32-15/h3-8,12,17-18,20,26,28H,9-10H2,1-2H3,(H,25,31)/t12-,17-,18-,20-,24+/m0/s1. The summed E-state index contributed by atoms with van der Waals surface area (Å²) in [6.07, 6.45) is -0.944. The second-order valence-corrected chi connectivity index (χ2v) is 9.12. The quantitative estimate of drug-likeness (QED) is 0.599. The van der Waals surface area contributed by atoms with Crippen molar-refractivity contribution in [2.24, 2.45) is 11.8 Å². The summed E-state index contributed by atoms with van der Waals surface area (Å²) in [5, 5.41) is 16.6. The van der Waals surface area contributed by atoms with E-state index in [4.69, 9.17) is 9.47 Å². The van der Waals surface area contributed by atoms with E-state index >= 15 is 0 Å². The molecule has 0 bridgehead atoms. The maximum absolute atomic E-state index is 13.8. The van der Waals surface area contributed by atoms with Crippen LogP contribution in [0, 0.1) is 18.8 Å². The molecule has 3 amide bonds. The molecule has 2 fully saturated rings. The van der Waals surface area contributed by atoms with Gasteiger partial charge < -0.3 is 19.9 Å². The maximum Gasteiger partial charge on any atom is 0.250 e. The number of nitrogens with zero attached hydrogens (tertiary/aromatic N) is 1. The molecule has 0 saturated carbocycles. The van der Waals surface area contributed by atoms with Gasteiger partial charge in [-0.2, -0.15) is 0 Å². The number of amides is 3. The number of benzene rings is 2. The summed E-state index contributed by atoms with van der Waals surface area (Å²) < 4.78 is 10.7. The molecule has 0 aromatic heterocycles. The van der Waals surface area contributed by atoms with Gasteiger partial charge >= 0.3 is 0 Å². The number of carbonyl (C=O) groups excluding carboxylic acids is 3. The van der Waals surface area contributed by atoms with E-state index in [1.807, 2.05) is 19.1 Å². The van der Waals surface area contributed by atoms with Crippen molar-refractivity contribution in [1.82, 2.24) is 10.2 Å². The van der Waals surface area contributed by atoms with Crippen LogP contribution in [0.1, 0.15) is 23.6 Å². The summed E-state index contributed by atoms with van der Waals surface area (Å²) in [5.41, 5.74) is 1.45. The van der Waals surface area contributed by atoms with Crippen LogP contribution in [0.4, 0.5) is 5.69 Å². The first-order valence-corrected chi connectivity index (χ1v) is 10.9. The van der Waals surface area contributed by atoms with Gasteiger partial charge in [-0.25, -0.2) is 0 Å². The van der Waals surface area contributed by atoms with Crippen molar-refractivity contribution in [3.8, 4) is 11.5 Å². The first-order valence-electron chi connectivity index (χ1n) is 10.9. The van der Waals surface area contributed by atoms with Gasteiger partial charge in [-0.3, -0.25) is 24.6 Å². The van der Waals surface area contributed by atoms with Crippen LogP contribution in [0.25, 0.3) is 0 Å². The highest BCUT2D eigenvalue weighted by Crippen LogP contribution is 2.54. The van der Waals surface area contributed by atoms with Gasteiger partial charge in [0.1, 0.15) is 5.54 Å². The molecule has 2 aromatic rings. The highest BCUT2D eigenvalue weighted by atomic mass is 16.7. The van der Waals surface area contributed by atoms with E-state index in [0.717, 1.165) is 5.56 Å². The monoisotopic (exact) mass is 449 g/mol. The van der Waals surface area contributed by atoms with Crippen LogP contribution in [0.3, 0.4) is 0 Å². The maximum atomic E-state index is 13.8. The molecule has 0 radical (unpaired) electrons.